The molecule has 0 saturated carbocycles. The predicted octanol–water partition coefficient (Wildman–Crippen LogP) is 2.90. The largest absolute Gasteiger partial charge is 0.497 e. The zero-order valence-electron chi connectivity index (χ0n) is 15.0. The van der Waals surface area contributed by atoms with Crippen molar-refractivity contribution < 1.29 is 19.2 Å². The van der Waals surface area contributed by atoms with Crippen molar-refractivity contribution in [1.29, 1.82) is 0 Å². The maximum absolute atomic E-state index is 12.6. The van der Waals surface area contributed by atoms with E-state index in [9.17, 15) is 19.7 Å². The highest BCUT2D eigenvalue weighted by molar-refractivity contribution is 6.03. The first-order chi connectivity index (χ1) is 12.9. The molecular weight excluding hydrogens is 350 g/mol. The average molecular weight is 369 g/mol. The normalized spacial score (nSPS) is 16.3. The molecule has 1 unspecified atom stereocenters. The van der Waals surface area contributed by atoms with Crippen LogP contribution in [0.4, 0.5) is 17.1 Å². The maximum Gasteiger partial charge on any atom is 0.274 e. The lowest BCUT2D eigenvalue weighted by atomic mass is 10.1. The number of ether oxygens (including phenoxy) is 1. The van der Waals surface area contributed by atoms with Crippen LogP contribution in [0.5, 0.6) is 5.75 Å². The number of methoxy groups -OCH3 is 1. The van der Waals surface area contributed by atoms with Crippen LogP contribution in [0.1, 0.15) is 12.0 Å². The van der Waals surface area contributed by atoms with Gasteiger partial charge >= 0.3 is 0 Å². The lowest BCUT2D eigenvalue weighted by molar-refractivity contribution is -0.385. The number of hydrogen-bond acceptors (Lipinski definition) is 5. The molecule has 0 aliphatic carbocycles. The first-order valence-corrected chi connectivity index (χ1v) is 8.40. The van der Waals surface area contributed by atoms with Crippen LogP contribution in [0.3, 0.4) is 0 Å². The van der Waals surface area contributed by atoms with Gasteiger partial charge in [-0.15, -0.1) is 0 Å². The van der Waals surface area contributed by atoms with Crippen LogP contribution in [0.25, 0.3) is 0 Å². The number of hydrogen-bond donors (Lipinski definition) is 1. The highest BCUT2D eigenvalue weighted by Gasteiger charge is 2.35. The molecule has 1 saturated heterocycles. The smallest absolute Gasteiger partial charge is 0.274 e. The standard InChI is InChI=1S/C19H19N3O5/c1-12-16(7-4-8-17(12)22(25)26)20-19(24)13-9-18(23)21(11-13)14-5-3-6-15(10-14)27-2/h3-8,10,13H,9,11H2,1-2H3,(H,20,24). The number of anilines is 2. The van der Waals surface area contributed by atoms with Crippen molar-refractivity contribution in [3.05, 3.63) is 58.1 Å². The molecule has 0 radical (unpaired) electrons. The van der Waals surface area contributed by atoms with Crippen LogP contribution in [0.15, 0.2) is 42.5 Å². The van der Waals surface area contributed by atoms with E-state index >= 15 is 0 Å². The molecule has 0 aromatic heterocycles. The number of nitro benzene ring substituents is 1. The molecule has 1 N–H and O–H groups in total. The predicted molar refractivity (Wildman–Crippen MR) is 99.9 cm³/mol. The summed E-state index contributed by atoms with van der Waals surface area (Å²) in [5.41, 5.74) is 1.36. The SMILES string of the molecule is COc1cccc(N2CC(C(=O)Nc3cccc([N+](=O)[O-])c3C)CC2=O)c1. The second kappa shape index (κ2) is 7.45. The van der Waals surface area contributed by atoms with E-state index in [4.69, 9.17) is 4.74 Å². The van der Waals surface area contributed by atoms with Crippen molar-refractivity contribution in [1.82, 2.24) is 0 Å². The number of rotatable bonds is 5. The maximum atomic E-state index is 12.6. The number of carbonyl (C=O) groups excluding carboxylic acids is 2. The molecule has 1 heterocycles. The van der Waals surface area contributed by atoms with Crippen molar-refractivity contribution in [2.45, 2.75) is 13.3 Å². The van der Waals surface area contributed by atoms with Crippen LogP contribution < -0.4 is 15.0 Å². The molecule has 2 amide bonds. The highest BCUT2D eigenvalue weighted by atomic mass is 16.6. The van der Waals surface area contributed by atoms with Gasteiger partial charge in [0, 0.05) is 30.8 Å². The van der Waals surface area contributed by atoms with Gasteiger partial charge in [0.25, 0.3) is 5.69 Å². The Kier molecular flexibility index (Phi) is 5.07. The summed E-state index contributed by atoms with van der Waals surface area (Å²) in [4.78, 5) is 37.1. The first kappa shape index (κ1) is 18.4. The third kappa shape index (κ3) is 3.74. The minimum absolute atomic E-state index is 0.0618. The summed E-state index contributed by atoms with van der Waals surface area (Å²) in [5, 5.41) is 13.8. The molecule has 27 heavy (non-hydrogen) atoms. The molecule has 1 atom stereocenters. The minimum Gasteiger partial charge on any atom is -0.497 e. The molecular formula is C19H19N3O5. The van der Waals surface area contributed by atoms with Gasteiger partial charge in [-0.25, -0.2) is 0 Å². The molecule has 2 aromatic rings. The average Bonchev–Trinajstić information content (AvgIpc) is 3.05. The summed E-state index contributed by atoms with van der Waals surface area (Å²) in [6.07, 6.45) is 0.0804. The van der Waals surface area contributed by atoms with E-state index in [-0.39, 0.29) is 30.5 Å². The Morgan fingerprint density at radius 3 is 2.74 bits per heavy atom. The van der Waals surface area contributed by atoms with Gasteiger partial charge in [0.2, 0.25) is 11.8 Å². The van der Waals surface area contributed by atoms with E-state index in [0.29, 0.717) is 22.7 Å². The Morgan fingerprint density at radius 2 is 2.04 bits per heavy atom. The summed E-state index contributed by atoms with van der Waals surface area (Å²) < 4.78 is 5.17. The van der Waals surface area contributed by atoms with Crippen LogP contribution in [-0.2, 0) is 9.59 Å². The quantitative estimate of drug-likeness (QED) is 0.645. The van der Waals surface area contributed by atoms with Crippen molar-refractivity contribution in [2.75, 3.05) is 23.9 Å². The van der Waals surface area contributed by atoms with Crippen LogP contribution in [0.2, 0.25) is 0 Å². The summed E-state index contributed by atoms with van der Waals surface area (Å²) in [7, 11) is 1.54. The third-order valence-corrected chi connectivity index (χ3v) is 4.62. The van der Waals surface area contributed by atoms with Crippen molar-refractivity contribution >= 4 is 28.9 Å². The van der Waals surface area contributed by atoms with Crippen LogP contribution >= 0.6 is 0 Å². The van der Waals surface area contributed by atoms with E-state index in [0.717, 1.165) is 0 Å². The Morgan fingerprint density at radius 1 is 1.30 bits per heavy atom. The molecule has 8 heteroatoms. The first-order valence-electron chi connectivity index (χ1n) is 8.40. The minimum atomic E-state index is -0.539. The molecule has 8 nitrogen and oxygen atoms in total. The van der Waals surface area contributed by atoms with Crippen molar-refractivity contribution in [3.8, 4) is 5.75 Å². The molecule has 1 aliphatic rings. The van der Waals surface area contributed by atoms with Gasteiger partial charge in [0.05, 0.1) is 29.2 Å². The molecule has 0 bridgehead atoms. The second-order valence-corrected chi connectivity index (χ2v) is 6.30. The molecule has 2 aromatic carbocycles. The number of carbonyl (C=O) groups is 2. The molecule has 1 fully saturated rings. The summed E-state index contributed by atoms with van der Waals surface area (Å²) in [5.74, 6) is -0.403. The van der Waals surface area contributed by atoms with E-state index in [2.05, 4.69) is 5.32 Å². The summed E-state index contributed by atoms with van der Waals surface area (Å²) in [6, 6.07) is 11.6. The van der Waals surface area contributed by atoms with Crippen molar-refractivity contribution in [2.24, 2.45) is 5.92 Å². The van der Waals surface area contributed by atoms with Gasteiger partial charge in [-0.2, -0.15) is 0 Å². The van der Waals surface area contributed by atoms with E-state index in [1.165, 1.54) is 12.1 Å². The van der Waals surface area contributed by atoms with E-state index in [1.807, 2.05) is 0 Å². The van der Waals surface area contributed by atoms with Gasteiger partial charge in [-0.05, 0) is 25.1 Å². The Labute approximate surface area is 155 Å². The summed E-state index contributed by atoms with van der Waals surface area (Å²) in [6.45, 7) is 1.82. The number of nitrogens with one attached hydrogen (secondary N) is 1. The molecule has 0 spiro atoms. The van der Waals surface area contributed by atoms with Crippen LogP contribution in [0, 0.1) is 23.0 Å². The number of nitro groups is 1. The van der Waals surface area contributed by atoms with Crippen LogP contribution in [-0.4, -0.2) is 30.4 Å². The Balaban J connectivity index is 1.75. The fourth-order valence-corrected chi connectivity index (χ4v) is 3.10. The second-order valence-electron chi connectivity index (χ2n) is 6.30. The zero-order valence-corrected chi connectivity index (χ0v) is 15.0. The summed E-state index contributed by atoms with van der Waals surface area (Å²) >= 11 is 0. The highest BCUT2D eigenvalue weighted by Crippen LogP contribution is 2.30. The lowest BCUT2D eigenvalue weighted by Gasteiger charge is -2.17. The van der Waals surface area contributed by atoms with Gasteiger partial charge < -0.3 is 15.0 Å². The van der Waals surface area contributed by atoms with E-state index in [1.54, 1.807) is 49.3 Å². The fraction of sp³-hybridized carbons (Fsp3) is 0.263. The molecule has 140 valence electrons. The monoisotopic (exact) mass is 369 g/mol. The fourth-order valence-electron chi connectivity index (χ4n) is 3.10. The van der Waals surface area contributed by atoms with Crippen molar-refractivity contribution in [3.63, 3.8) is 0 Å². The zero-order chi connectivity index (χ0) is 19.6. The Bertz CT molecular complexity index is 912. The number of benzene rings is 2. The van der Waals surface area contributed by atoms with E-state index < -0.39 is 10.8 Å². The Hall–Kier alpha value is -3.42. The van der Waals surface area contributed by atoms with Gasteiger partial charge in [-0.1, -0.05) is 12.1 Å². The topological polar surface area (TPSA) is 102 Å². The lowest BCUT2D eigenvalue weighted by Crippen LogP contribution is -2.28. The third-order valence-electron chi connectivity index (χ3n) is 4.62. The van der Waals surface area contributed by atoms with Gasteiger partial charge in [-0.3, -0.25) is 19.7 Å². The number of nitrogens with zero attached hydrogens (tertiary/aromatic N) is 2. The number of amides is 2. The molecule has 3 rings (SSSR count). The van der Waals surface area contributed by atoms with Gasteiger partial charge in [0.1, 0.15) is 5.75 Å². The molecule has 1 aliphatic heterocycles. The van der Waals surface area contributed by atoms with Gasteiger partial charge in [0.15, 0.2) is 0 Å².